The van der Waals surface area contributed by atoms with E-state index in [9.17, 15) is 8.42 Å². The van der Waals surface area contributed by atoms with E-state index < -0.39 is 10.0 Å². The minimum Gasteiger partial charge on any atom is -0.303 e. The second-order valence-electron chi connectivity index (χ2n) is 9.61. The van der Waals surface area contributed by atoms with Gasteiger partial charge in [-0.25, -0.2) is 12.7 Å². The molecule has 1 aliphatic heterocycles. The molecule has 0 aromatic heterocycles. The molecule has 1 atom stereocenters. The Hall–Kier alpha value is -1.89. The summed E-state index contributed by atoms with van der Waals surface area (Å²) < 4.78 is 27.8. The molecule has 1 unspecified atom stereocenters. The molecule has 0 bridgehead atoms. The van der Waals surface area contributed by atoms with E-state index in [-0.39, 0.29) is 18.3 Å². The number of rotatable bonds is 10. The average molecular weight is 548 g/mol. The molecule has 0 aliphatic carbocycles. The first-order valence-electron chi connectivity index (χ1n) is 12.4. The molecule has 0 N–H and O–H groups in total. The summed E-state index contributed by atoms with van der Waals surface area (Å²) in [6.07, 6.45) is 4.46. The predicted octanol–water partition coefficient (Wildman–Crippen LogP) is 6.51. The molecule has 0 radical (unpaired) electrons. The largest absolute Gasteiger partial charge is 0.303 e. The zero-order chi connectivity index (χ0) is 24.7. The van der Waals surface area contributed by atoms with Gasteiger partial charge in [0.1, 0.15) is 0 Å². The van der Waals surface area contributed by atoms with Gasteiger partial charge in [-0.2, -0.15) is 0 Å². The quantitative estimate of drug-likeness (QED) is 0.291. The first kappa shape index (κ1) is 28.7. The molecule has 7 heteroatoms. The summed E-state index contributed by atoms with van der Waals surface area (Å²) in [4.78, 5) is 2.86. The summed E-state index contributed by atoms with van der Waals surface area (Å²) >= 11 is 6.30. The number of hydrogen-bond donors (Lipinski definition) is 0. The molecule has 3 aromatic rings. The lowest BCUT2D eigenvalue weighted by molar-refractivity contribution is 0.177. The highest BCUT2D eigenvalue weighted by molar-refractivity contribution is 7.89. The summed E-state index contributed by atoms with van der Waals surface area (Å²) in [5.41, 5.74) is 2.52. The number of halogens is 2. The fourth-order valence-electron chi connectivity index (χ4n) is 5.00. The smallest absolute Gasteiger partial charge is 0.242 e. The van der Waals surface area contributed by atoms with E-state index in [4.69, 9.17) is 11.6 Å². The van der Waals surface area contributed by atoms with Crippen LogP contribution < -0.4 is 0 Å². The van der Waals surface area contributed by atoms with Crippen molar-refractivity contribution in [2.24, 2.45) is 5.92 Å². The van der Waals surface area contributed by atoms with Gasteiger partial charge in [0.2, 0.25) is 10.0 Å². The third-order valence-electron chi connectivity index (χ3n) is 7.12. The Labute approximate surface area is 227 Å². The molecule has 4 nitrogen and oxygen atoms in total. The Balaban J connectivity index is 0.00000361. The van der Waals surface area contributed by atoms with Crippen molar-refractivity contribution in [3.63, 3.8) is 0 Å². The second-order valence-corrected chi connectivity index (χ2v) is 12.1. The second kappa shape index (κ2) is 13.6. The SMILES string of the molecule is CN(CC(CCN1CCC(Cc2ccccc2)CC1)c1cccc(Cl)c1)S(=O)(=O)c1ccccc1.Cl. The van der Waals surface area contributed by atoms with Gasteiger partial charge in [-0.3, -0.25) is 0 Å². The number of hydrogen-bond acceptors (Lipinski definition) is 3. The Morgan fingerprint density at radius 3 is 2.22 bits per heavy atom. The van der Waals surface area contributed by atoms with Crippen molar-refractivity contribution in [2.45, 2.75) is 36.5 Å². The lowest BCUT2D eigenvalue weighted by atomic mass is 9.89. The summed E-state index contributed by atoms with van der Waals surface area (Å²) in [5, 5.41) is 0.683. The average Bonchev–Trinajstić information content (AvgIpc) is 2.88. The highest BCUT2D eigenvalue weighted by atomic mass is 35.5. The number of benzene rings is 3. The standard InChI is InChI=1S/C29H35ClN2O2S.ClH/c1-31(35(33,34)29-13-6-3-7-14-29)23-27(26-11-8-12-28(30)22-26)17-20-32-18-15-25(16-19-32)21-24-9-4-2-5-10-24;/h2-14,22,25,27H,15-21,23H2,1H3;1H. The molecule has 0 spiro atoms. The normalized spacial score (nSPS) is 16.0. The van der Waals surface area contributed by atoms with Crippen LogP contribution in [0.1, 0.15) is 36.3 Å². The van der Waals surface area contributed by atoms with E-state index >= 15 is 0 Å². The van der Waals surface area contributed by atoms with Crippen LogP contribution in [0.15, 0.2) is 89.8 Å². The molecule has 1 saturated heterocycles. The molecule has 36 heavy (non-hydrogen) atoms. The van der Waals surface area contributed by atoms with E-state index in [1.807, 2.05) is 24.3 Å². The van der Waals surface area contributed by atoms with Crippen LogP contribution in [0.4, 0.5) is 0 Å². The van der Waals surface area contributed by atoms with E-state index in [0.29, 0.717) is 16.5 Å². The van der Waals surface area contributed by atoms with Gasteiger partial charge in [-0.15, -0.1) is 12.4 Å². The van der Waals surface area contributed by atoms with Crippen molar-refractivity contribution in [1.82, 2.24) is 9.21 Å². The van der Waals surface area contributed by atoms with Gasteiger partial charge in [0.15, 0.2) is 0 Å². The van der Waals surface area contributed by atoms with Crippen LogP contribution in [0.25, 0.3) is 0 Å². The molecule has 1 heterocycles. The van der Waals surface area contributed by atoms with Crippen LogP contribution >= 0.6 is 24.0 Å². The van der Waals surface area contributed by atoms with Crippen LogP contribution in [0.3, 0.4) is 0 Å². The molecule has 194 valence electrons. The van der Waals surface area contributed by atoms with Crippen molar-refractivity contribution in [2.75, 3.05) is 33.2 Å². The summed E-state index contributed by atoms with van der Waals surface area (Å²) in [5.74, 6) is 0.804. The van der Waals surface area contributed by atoms with E-state index in [0.717, 1.165) is 44.0 Å². The lowest BCUT2D eigenvalue weighted by Gasteiger charge is -2.33. The van der Waals surface area contributed by atoms with Gasteiger partial charge in [0.25, 0.3) is 0 Å². The van der Waals surface area contributed by atoms with Gasteiger partial charge in [-0.1, -0.05) is 72.3 Å². The zero-order valence-electron chi connectivity index (χ0n) is 20.8. The molecular weight excluding hydrogens is 511 g/mol. The highest BCUT2D eigenvalue weighted by Crippen LogP contribution is 2.28. The van der Waals surface area contributed by atoms with E-state index in [1.165, 1.54) is 22.7 Å². The Morgan fingerprint density at radius 1 is 0.944 bits per heavy atom. The van der Waals surface area contributed by atoms with Crippen molar-refractivity contribution in [1.29, 1.82) is 0 Å². The summed E-state index contributed by atoms with van der Waals surface area (Å²) in [6, 6.07) is 27.3. The first-order chi connectivity index (χ1) is 16.9. The molecular formula is C29H36Cl2N2O2S. The molecule has 0 amide bonds. The number of sulfonamides is 1. The van der Waals surface area contributed by atoms with Crippen LogP contribution in [-0.4, -0.2) is 50.8 Å². The van der Waals surface area contributed by atoms with E-state index in [1.54, 1.807) is 31.3 Å². The maximum absolute atomic E-state index is 13.1. The topological polar surface area (TPSA) is 40.6 Å². The van der Waals surface area contributed by atoms with Crippen molar-refractivity contribution >= 4 is 34.0 Å². The van der Waals surface area contributed by atoms with Crippen LogP contribution in [0.2, 0.25) is 5.02 Å². The number of piperidine rings is 1. The van der Waals surface area contributed by atoms with Crippen LogP contribution in [-0.2, 0) is 16.4 Å². The summed E-state index contributed by atoms with van der Waals surface area (Å²) in [6.45, 7) is 3.56. The fourth-order valence-corrected chi connectivity index (χ4v) is 6.44. The zero-order valence-corrected chi connectivity index (χ0v) is 23.2. The third kappa shape index (κ3) is 7.80. The van der Waals surface area contributed by atoms with Crippen molar-refractivity contribution in [3.05, 3.63) is 101 Å². The highest BCUT2D eigenvalue weighted by Gasteiger charge is 2.26. The third-order valence-corrected chi connectivity index (χ3v) is 9.19. The maximum atomic E-state index is 13.1. The number of nitrogens with zero attached hydrogens (tertiary/aromatic N) is 2. The number of likely N-dealkylation sites (N-methyl/N-ethyl adjacent to an activating group) is 1. The molecule has 0 saturated carbocycles. The Kier molecular flexibility index (Phi) is 10.8. The molecule has 1 fully saturated rings. The summed E-state index contributed by atoms with van der Waals surface area (Å²) in [7, 11) is -1.87. The Bertz CT molecular complexity index is 1170. The van der Waals surface area contributed by atoms with Gasteiger partial charge < -0.3 is 4.90 Å². The lowest BCUT2D eigenvalue weighted by Crippen LogP contribution is -2.37. The van der Waals surface area contributed by atoms with Gasteiger partial charge in [-0.05, 0) is 92.5 Å². The fraction of sp³-hybridized carbons (Fsp3) is 0.379. The van der Waals surface area contributed by atoms with Gasteiger partial charge in [0, 0.05) is 18.6 Å². The minimum absolute atomic E-state index is 0. The van der Waals surface area contributed by atoms with Crippen molar-refractivity contribution in [3.8, 4) is 0 Å². The van der Waals surface area contributed by atoms with Gasteiger partial charge in [0.05, 0.1) is 4.90 Å². The molecule has 3 aromatic carbocycles. The van der Waals surface area contributed by atoms with Crippen LogP contribution in [0, 0.1) is 5.92 Å². The van der Waals surface area contributed by atoms with Crippen molar-refractivity contribution < 1.29 is 8.42 Å². The van der Waals surface area contributed by atoms with E-state index in [2.05, 4.69) is 41.3 Å². The minimum atomic E-state index is -3.55. The molecule has 4 rings (SSSR count). The molecule has 1 aliphatic rings. The van der Waals surface area contributed by atoms with Gasteiger partial charge >= 0.3 is 0 Å². The number of likely N-dealkylation sites (tertiary alicyclic amines) is 1. The predicted molar refractivity (Wildman–Crippen MR) is 152 cm³/mol. The monoisotopic (exact) mass is 546 g/mol. The maximum Gasteiger partial charge on any atom is 0.242 e. The van der Waals surface area contributed by atoms with Crippen LogP contribution in [0.5, 0.6) is 0 Å². The first-order valence-corrected chi connectivity index (χ1v) is 14.3. The Morgan fingerprint density at radius 2 is 1.58 bits per heavy atom.